The number of para-hydroxylation sites is 1. The lowest BCUT2D eigenvalue weighted by atomic mass is 9.95. The number of aryl methyl sites for hydroxylation is 2. The van der Waals surface area contributed by atoms with Crippen molar-refractivity contribution >= 4 is 32.3 Å². The van der Waals surface area contributed by atoms with Gasteiger partial charge in [0.1, 0.15) is 10.6 Å². The Morgan fingerprint density at radius 2 is 1.78 bits per heavy atom. The second-order valence-electron chi connectivity index (χ2n) is 6.05. The van der Waals surface area contributed by atoms with Crippen molar-refractivity contribution in [3.05, 3.63) is 71.3 Å². The number of rotatable bonds is 8. The molecule has 144 valence electrons. The van der Waals surface area contributed by atoms with Crippen LogP contribution in [0.2, 0.25) is 0 Å². The molecular weight excluding hydrogens is 432 g/mol. The summed E-state index contributed by atoms with van der Waals surface area (Å²) in [4.78, 5) is 11.8. The molecule has 0 N–H and O–H groups in total. The Hall–Kier alpha value is -1.96. The first-order chi connectivity index (χ1) is 12.7. The maximum absolute atomic E-state index is 13.0. The van der Waals surface area contributed by atoms with Gasteiger partial charge in [-0.15, -0.1) is 6.58 Å². The topological polar surface area (TPSA) is 69.7 Å². The minimum atomic E-state index is -4.12. The second kappa shape index (κ2) is 8.37. The highest BCUT2D eigenvalue weighted by Crippen LogP contribution is 2.39. The van der Waals surface area contributed by atoms with Crippen LogP contribution in [0.4, 0.5) is 0 Å². The van der Waals surface area contributed by atoms with E-state index in [0.717, 1.165) is 5.56 Å². The summed E-state index contributed by atoms with van der Waals surface area (Å²) in [5.41, 5.74) is 2.06. The number of hydrogen-bond acceptors (Lipinski definition) is 5. The molecule has 0 aliphatic carbocycles. The molecule has 27 heavy (non-hydrogen) atoms. The first-order valence-electron chi connectivity index (χ1n) is 8.17. The van der Waals surface area contributed by atoms with Crippen molar-refractivity contribution in [1.29, 1.82) is 0 Å². The van der Waals surface area contributed by atoms with Crippen molar-refractivity contribution in [3.8, 4) is 5.75 Å². The molecule has 1 atom stereocenters. The van der Waals surface area contributed by atoms with E-state index in [4.69, 9.17) is 8.92 Å². The van der Waals surface area contributed by atoms with Crippen LogP contribution in [0.5, 0.6) is 5.75 Å². The van der Waals surface area contributed by atoms with E-state index < -0.39 is 14.6 Å². The number of benzene rings is 2. The van der Waals surface area contributed by atoms with Crippen LogP contribution in [0, 0.1) is 20.8 Å². The van der Waals surface area contributed by atoms with Gasteiger partial charge in [0.05, 0.1) is 6.61 Å². The van der Waals surface area contributed by atoms with Crippen molar-refractivity contribution < 1.29 is 22.1 Å². The van der Waals surface area contributed by atoms with Gasteiger partial charge in [-0.3, -0.25) is 4.79 Å². The van der Waals surface area contributed by atoms with Crippen LogP contribution in [-0.4, -0.2) is 21.3 Å². The molecule has 0 saturated carbocycles. The van der Waals surface area contributed by atoms with Crippen molar-refractivity contribution in [2.24, 2.45) is 0 Å². The molecule has 0 spiro atoms. The normalized spacial score (nSPS) is 13.6. The summed E-state index contributed by atoms with van der Waals surface area (Å²) in [5, 5.41) is 0. The number of carbonyl (C=O) groups excluding carboxylic acids is 1. The second-order valence-corrected chi connectivity index (χ2v) is 8.71. The monoisotopic (exact) mass is 452 g/mol. The molecule has 0 aliphatic heterocycles. The number of halogens is 1. The molecule has 0 aliphatic rings. The highest BCUT2D eigenvalue weighted by molar-refractivity contribution is 9.10. The molecule has 0 radical (unpaired) electrons. The third kappa shape index (κ3) is 4.48. The number of alkyl halides is 1. The Bertz CT molecular complexity index is 954. The summed E-state index contributed by atoms with van der Waals surface area (Å²) < 4.78 is 35.3. The highest BCUT2D eigenvalue weighted by Gasteiger charge is 2.36. The smallest absolute Gasteiger partial charge is 0.339 e. The average molecular weight is 453 g/mol. The molecule has 0 amide bonds. The van der Waals surface area contributed by atoms with Gasteiger partial charge < -0.3 is 8.92 Å². The quantitative estimate of drug-likeness (QED) is 0.258. The standard InChI is InChI=1S/C20H21BrO5S/c1-5-11-25-20(21,13-22)18-14(2)12-15(3)19(16(18)4)27(23,24)26-17-9-7-6-8-10-17/h5-10,12-13H,1,11H2,2-4H3. The van der Waals surface area contributed by atoms with E-state index in [2.05, 4.69) is 22.5 Å². The first kappa shape index (κ1) is 21.3. The van der Waals surface area contributed by atoms with E-state index >= 15 is 0 Å². The number of hydrogen-bond donors (Lipinski definition) is 0. The Balaban J connectivity index is 2.65. The summed E-state index contributed by atoms with van der Waals surface area (Å²) in [6, 6.07) is 9.95. The minimum Gasteiger partial charge on any atom is -0.379 e. The van der Waals surface area contributed by atoms with E-state index in [1.807, 2.05) is 0 Å². The zero-order valence-electron chi connectivity index (χ0n) is 15.4. The lowest BCUT2D eigenvalue weighted by Crippen LogP contribution is -2.28. The molecular formula is C20H21BrO5S. The largest absolute Gasteiger partial charge is 0.379 e. The van der Waals surface area contributed by atoms with Crippen LogP contribution >= 0.6 is 15.9 Å². The first-order valence-corrected chi connectivity index (χ1v) is 10.4. The van der Waals surface area contributed by atoms with Gasteiger partial charge in [-0.05, 0) is 65.5 Å². The third-order valence-corrected chi connectivity index (χ3v) is 6.36. The molecule has 0 saturated heterocycles. The van der Waals surface area contributed by atoms with Gasteiger partial charge >= 0.3 is 10.1 Å². The van der Waals surface area contributed by atoms with Crippen molar-refractivity contribution in [2.45, 2.75) is 30.2 Å². The molecule has 7 heteroatoms. The molecule has 0 aromatic heterocycles. The summed E-state index contributed by atoms with van der Waals surface area (Å²) >= 11 is 3.31. The molecule has 2 aromatic carbocycles. The maximum Gasteiger partial charge on any atom is 0.339 e. The van der Waals surface area contributed by atoms with Crippen LogP contribution in [-0.2, 0) is 24.2 Å². The van der Waals surface area contributed by atoms with Gasteiger partial charge in [0.25, 0.3) is 0 Å². The van der Waals surface area contributed by atoms with E-state index in [-0.39, 0.29) is 17.3 Å². The molecule has 0 bridgehead atoms. The molecule has 0 fully saturated rings. The van der Waals surface area contributed by atoms with Crippen LogP contribution in [0.3, 0.4) is 0 Å². The van der Waals surface area contributed by atoms with E-state index in [1.54, 1.807) is 57.2 Å². The third-order valence-electron chi connectivity index (χ3n) is 4.00. The Morgan fingerprint density at radius 3 is 2.33 bits per heavy atom. The van der Waals surface area contributed by atoms with Crippen LogP contribution in [0.1, 0.15) is 22.3 Å². The maximum atomic E-state index is 13.0. The van der Waals surface area contributed by atoms with Gasteiger partial charge in [0.2, 0.25) is 4.51 Å². The Labute approximate surface area is 168 Å². The van der Waals surface area contributed by atoms with E-state index in [9.17, 15) is 13.2 Å². The fourth-order valence-corrected chi connectivity index (χ4v) is 5.19. The zero-order valence-corrected chi connectivity index (χ0v) is 17.8. The van der Waals surface area contributed by atoms with Crippen LogP contribution in [0.15, 0.2) is 53.9 Å². The Morgan fingerprint density at radius 1 is 1.15 bits per heavy atom. The zero-order chi connectivity index (χ0) is 20.2. The van der Waals surface area contributed by atoms with Gasteiger partial charge in [-0.1, -0.05) is 30.3 Å². The minimum absolute atomic E-state index is 0.0137. The van der Waals surface area contributed by atoms with Crippen molar-refractivity contribution in [3.63, 3.8) is 0 Å². The average Bonchev–Trinajstić information content (AvgIpc) is 2.59. The molecule has 0 heterocycles. The summed E-state index contributed by atoms with van der Waals surface area (Å²) in [6.07, 6.45) is 2.10. The fourth-order valence-electron chi connectivity index (χ4n) is 3.07. The Kier molecular flexibility index (Phi) is 6.62. The van der Waals surface area contributed by atoms with E-state index in [0.29, 0.717) is 23.0 Å². The highest BCUT2D eigenvalue weighted by atomic mass is 79.9. The SMILES string of the molecule is C=CCOC(Br)(C=O)c1c(C)cc(C)c(S(=O)(=O)Oc2ccccc2)c1C. The number of aldehydes is 1. The lowest BCUT2D eigenvalue weighted by molar-refractivity contribution is -0.120. The van der Waals surface area contributed by atoms with Gasteiger partial charge in [-0.2, -0.15) is 8.42 Å². The summed E-state index contributed by atoms with van der Waals surface area (Å²) in [7, 11) is -4.12. The fraction of sp³-hybridized carbons (Fsp3) is 0.250. The summed E-state index contributed by atoms with van der Waals surface area (Å²) in [5.74, 6) is 0.210. The van der Waals surface area contributed by atoms with E-state index in [1.165, 1.54) is 6.08 Å². The van der Waals surface area contributed by atoms with Crippen LogP contribution in [0.25, 0.3) is 0 Å². The van der Waals surface area contributed by atoms with Gasteiger partial charge in [0.15, 0.2) is 6.29 Å². The molecule has 2 rings (SSSR count). The van der Waals surface area contributed by atoms with Crippen molar-refractivity contribution in [1.82, 2.24) is 0 Å². The van der Waals surface area contributed by atoms with Gasteiger partial charge in [-0.25, -0.2) is 0 Å². The number of carbonyl (C=O) groups is 1. The predicted octanol–water partition coefficient (Wildman–Crippen LogP) is 4.33. The van der Waals surface area contributed by atoms with Crippen LogP contribution < -0.4 is 4.18 Å². The van der Waals surface area contributed by atoms with Gasteiger partial charge in [0, 0.05) is 5.56 Å². The lowest BCUT2D eigenvalue weighted by Gasteiger charge is -2.27. The summed E-state index contributed by atoms with van der Waals surface area (Å²) in [6.45, 7) is 8.80. The predicted molar refractivity (Wildman–Crippen MR) is 108 cm³/mol. The number of ether oxygens (including phenoxy) is 1. The molecule has 1 unspecified atom stereocenters. The molecule has 5 nitrogen and oxygen atoms in total. The molecule has 2 aromatic rings. The van der Waals surface area contributed by atoms with Crippen molar-refractivity contribution in [2.75, 3.05) is 6.61 Å².